The zero-order valence-electron chi connectivity index (χ0n) is 19.5. The van der Waals surface area contributed by atoms with Crippen molar-refractivity contribution in [3.05, 3.63) is 46.0 Å². The number of fused-ring (bicyclic) bond motifs is 1. The molecule has 0 spiro atoms. The number of aromatic nitrogens is 5. The van der Waals surface area contributed by atoms with Crippen LogP contribution < -0.4 is 10.3 Å². The first kappa shape index (κ1) is 22.0. The molecule has 1 aromatic carbocycles. The average Bonchev–Trinajstić information content (AvgIpc) is 3.53. The van der Waals surface area contributed by atoms with Crippen LogP contribution in [0.25, 0.3) is 10.9 Å². The van der Waals surface area contributed by atoms with Gasteiger partial charge in [0.25, 0.3) is 5.56 Å². The number of H-pyrrole nitrogens is 1. The first-order valence-corrected chi connectivity index (χ1v) is 12.1. The van der Waals surface area contributed by atoms with Crippen molar-refractivity contribution < 1.29 is 4.74 Å². The monoisotopic (exact) mass is 451 g/mol. The smallest absolute Gasteiger partial charge is 0.253 e. The average molecular weight is 452 g/mol. The van der Waals surface area contributed by atoms with Gasteiger partial charge in [-0.05, 0) is 59.8 Å². The molecular weight excluding hydrogens is 418 g/mol. The lowest BCUT2D eigenvalue weighted by molar-refractivity contribution is 0.103. The number of tetrazole rings is 1. The molecular formula is C24H33N7O2. The molecule has 0 amide bonds. The second kappa shape index (κ2) is 9.61. The molecule has 9 nitrogen and oxygen atoms in total. The van der Waals surface area contributed by atoms with Gasteiger partial charge in [-0.25, -0.2) is 4.68 Å². The van der Waals surface area contributed by atoms with Gasteiger partial charge in [-0.3, -0.25) is 9.69 Å². The van der Waals surface area contributed by atoms with Gasteiger partial charge in [0, 0.05) is 37.8 Å². The van der Waals surface area contributed by atoms with E-state index >= 15 is 0 Å². The molecule has 1 aliphatic carbocycles. The van der Waals surface area contributed by atoms with Crippen molar-refractivity contribution in [2.24, 2.45) is 0 Å². The Bertz CT molecular complexity index is 1140. The van der Waals surface area contributed by atoms with E-state index < -0.39 is 0 Å². The predicted molar refractivity (Wildman–Crippen MR) is 127 cm³/mol. The summed E-state index contributed by atoms with van der Waals surface area (Å²) in [6.45, 7) is 7.05. The standard InChI is InChI=1S/C24H33N7O2/c1-3-10-29-11-13-30(14-12-29)22(23-26-27-28-31(23)18-6-4-5-7-18)20-15-17-8-9-19(33-2)16-21(17)25-24(20)32/h8-9,15-16,18,22H,3-7,10-14H2,1-2H3,(H,25,32). The Labute approximate surface area is 193 Å². The fraction of sp³-hybridized carbons (Fsp3) is 0.583. The van der Waals surface area contributed by atoms with Gasteiger partial charge in [0.05, 0.1) is 18.7 Å². The normalized spacial score (nSPS) is 19.3. The molecule has 33 heavy (non-hydrogen) atoms. The zero-order valence-corrected chi connectivity index (χ0v) is 19.5. The summed E-state index contributed by atoms with van der Waals surface area (Å²) in [7, 11) is 1.63. The highest BCUT2D eigenvalue weighted by molar-refractivity contribution is 5.80. The molecule has 1 saturated carbocycles. The van der Waals surface area contributed by atoms with Gasteiger partial charge in [-0.15, -0.1) is 5.10 Å². The van der Waals surface area contributed by atoms with E-state index in [0.717, 1.165) is 74.5 Å². The Morgan fingerprint density at radius 1 is 1.15 bits per heavy atom. The second-order valence-corrected chi connectivity index (χ2v) is 9.21. The van der Waals surface area contributed by atoms with Gasteiger partial charge in [-0.1, -0.05) is 19.8 Å². The van der Waals surface area contributed by atoms with Gasteiger partial charge in [0.15, 0.2) is 5.82 Å². The van der Waals surface area contributed by atoms with Crippen LogP contribution in [0.2, 0.25) is 0 Å². The van der Waals surface area contributed by atoms with Gasteiger partial charge in [-0.2, -0.15) is 0 Å². The quantitative estimate of drug-likeness (QED) is 0.590. The number of nitrogens with one attached hydrogen (secondary N) is 1. The third kappa shape index (κ3) is 4.39. The number of ether oxygens (including phenoxy) is 1. The number of hydrogen-bond donors (Lipinski definition) is 1. The van der Waals surface area contributed by atoms with E-state index in [0.29, 0.717) is 11.6 Å². The first-order valence-electron chi connectivity index (χ1n) is 12.1. The maximum Gasteiger partial charge on any atom is 0.253 e. The highest BCUT2D eigenvalue weighted by Crippen LogP contribution is 2.34. The number of rotatable bonds is 7. The summed E-state index contributed by atoms with van der Waals surface area (Å²) in [5.74, 6) is 1.50. The summed E-state index contributed by atoms with van der Waals surface area (Å²) in [6, 6.07) is 7.81. The molecule has 9 heteroatoms. The van der Waals surface area contributed by atoms with Crippen LogP contribution in [-0.4, -0.2) is 74.8 Å². The van der Waals surface area contributed by atoms with Crippen molar-refractivity contribution in [3.63, 3.8) is 0 Å². The molecule has 1 saturated heterocycles. The zero-order chi connectivity index (χ0) is 22.8. The minimum absolute atomic E-state index is 0.0993. The topological polar surface area (TPSA) is 92.2 Å². The van der Waals surface area contributed by atoms with Crippen molar-refractivity contribution >= 4 is 10.9 Å². The van der Waals surface area contributed by atoms with Crippen LogP contribution in [0.3, 0.4) is 0 Å². The fourth-order valence-electron chi connectivity index (χ4n) is 5.38. The van der Waals surface area contributed by atoms with Crippen molar-refractivity contribution in [2.75, 3.05) is 39.8 Å². The number of methoxy groups -OCH3 is 1. The van der Waals surface area contributed by atoms with Gasteiger partial charge in [0.1, 0.15) is 11.8 Å². The lowest BCUT2D eigenvalue weighted by Gasteiger charge is -2.38. The predicted octanol–water partition coefficient (Wildman–Crippen LogP) is 2.76. The van der Waals surface area contributed by atoms with E-state index in [2.05, 4.69) is 37.2 Å². The Morgan fingerprint density at radius 2 is 1.94 bits per heavy atom. The number of piperazine rings is 1. The number of hydrogen-bond acceptors (Lipinski definition) is 7. The van der Waals surface area contributed by atoms with Crippen LogP contribution in [0.15, 0.2) is 29.1 Å². The van der Waals surface area contributed by atoms with Gasteiger partial charge < -0.3 is 14.6 Å². The molecule has 2 fully saturated rings. The molecule has 5 rings (SSSR count). The molecule has 0 radical (unpaired) electrons. The molecule has 2 aliphatic rings. The number of benzene rings is 1. The highest BCUT2D eigenvalue weighted by atomic mass is 16.5. The molecule has 1 unspecified atom stereocenters. The molecule has 1 atom stereocenters. The number of pyridine rings is 1. The second-order valence-electron chi connectivity index (χ2n) is 9.21. The molecule has 1 N–H and O–H groups in total. The van der Waals surface area contributed by atoms with Crippen molar-refractivity contribution in [1.29, 1.82) is 0 Å². The van der Waals surface area contributed by atoms with E-state index in [9.17, 15) is 4.79 Å². The van der Waals surface area contributed by atoms with Crippen LogP contribution in [0, 0.1) is 0 Å². The molecule has 0 bridgehead atoms. The third-order valence-electron chi connectivity index (χ3n) is 7.12. The van der Waals surface area contributed by atoms with Gasteiger partial charge >= 0.3 is 0 Å². The van der Waals surface area contributed by atoms with Crippen molar-refractivity contribution in [1.82, 2.24) is 35.0 Å². The Morgan fingerprint density at radius 3 is 2.67 bits per heavy atom. The SMILES string of the molecule is CCCN1CCN(C(c2cc3ccc(OC)cc3[nH]c2=O)c2nnnn2C2CCCC2)CC1. The van der Waals surface area contributed by atoms with Crippen LogP contribution >= 0.6 is 0 Å². The maximum absolute atomic E-state index is 13.4. The van der Waals surface area contributed by atoms with E-state index in [1.807, 2.05) is 28.9 Å². The highest BCUT2D eigenvalue weighted by Gasteiger charge is 2.34. The summed E-state index contributed by atoms with van der Waals surface area (Å²) in [5, 5.41) is 13.9. The van der Waals surface area contributed by atoms with Crippen LogP contribution in [0.5, 0.6) is 5.75 Å². The molecule has 2 aromatic heterocycles. The summed E-state index contributed by atoms with van der Waals surface area (Å²) >= 11 is 0. The third-order valence-corrected chi connectivity index (χ3v) is 7.12. The molecule has 3 heterocycles. The lowest BCUT2D eigenvalue weighted by Crippen LogP contribution is -2.49. The summed E-state index contributed by atoms with van der Waals surface area (Å²) in [6.07, 6.45) is 5.72. The summed E-state index contributed by atoms with van der Waals surface area (Å²) in [5.41, 5.74) is 1.37. The number of nitrogens with zero attached hydrogens (tertiary/aromatic N) is 6. The van der Waals surface area contributed by atoms with Crippen molar-refractivity contribution in [3.8, 4) is 5.75 Å². The Hall–Kier alpha value is -2.78. The van der Waals surface area contributed by atoms with E-state index in [1.54, 1.807) is 7.11 Å². The van der Waals surface area contributed by atoms with Crippen LogP contribution in [0.4, 0.5) is 0 Å². The van der Waals surface area contributed by atoms with E-state index in [-0.39, 0.29) is 11.6 Å². The minimum atomic E-state index is -0.278. The number of aromatic amines is 1. The Balaban J connectivity index is 1.57. The summed E-state index contributed by atoms with van der Waals surface area (Å²) in [4.78, 5) is 21.4. The minimum Gasteiger partial charge on any atom is -0.497 e. The van der Waals surface area contributed by atoms with Crippen LogP contribution in [0.1, 0.15) is 62.5 Å². The lowest BCUT2D eigenvalue weighted by atomic mass is 10.0. The van der Waals surface area contributed by atoms with E-state index in [1.165, 1.54) is 12.8 Å². The van der Waals surface area contributed by atoms with Crippen molar-refractivity contribution in [2.45, 2.75) is 51.1 Å². The fourth-order valence-corrected chi connectivity index (χ4v) is 5.38. The largest absolute Gasteiger partial charge is 0.497 e. The molecule has 176 valence electrons. The maximum atomic E-state index is 13.4. The van der Waals surface area contributed by atoms with Gasteiger partial charge in [0.2, 0.25) is 0 Å². The Kier molecular flexibility index (Phi) is 6.41. The van der Waals surface area contributed by atoms with E-state index in [4.69, 9.17) is 4.74 Å². The van der Waals surface area contributed by atoms with Crippen LogP contribution in [-0.2, 0) is 0 Å². The molecule has 3 aromatic rings. The summed E-state index contributed by atoms with van der Waals surface area (Å²) < 4.78 is 7.33. The first-order chi connectivity index (χ1) is 16.2. The molecule has 1 aliphatic heterocycles.